The molecule has 0 saturated carbocycles. The predicted molar refractivity (Wildman–Crippen MR) is 99.6 cm³/mol. The summed E-state index contributed by atoms with van der Waals surface area (Å²) in [5.74, 6) is -0.126. The number of carbonyl (C=O) groups is 2. The van der Waals surface area contributed by atoms with Gasteiger partial charge in [-0.1, -0.05) is 0 Å². The van der Waals surface area contributed by atoms with E-state index in [1.165, 1.54) is 0 Å². The number of hydrogen-bond donors (Lipinski definition) is 0. The Hall–Kier alpha value is -1.51. The number of rotatable bonds is 6. The second-order valence-electron chi connectivity index (χ2n) is 7.36. The van der Waals surface area contributed by atoms with E-state index in [1.54, 1.807) is 28.2 Å². The first-order valence-corrected chi connectivity index (χ1v) is 10.1. The third-order valence-corrected chi connectivity index (χ3v) is 5.85. The molecule has 0 N–H and O–H groups in total. The Morgan fingerprint density at radius 3 is 2.81 bits per heavy atom. The summed E-state index contributed by atoms with van der Waals surface area (Å²) in [4.78, 5) is 35.2. The number of likely N-dealkylation sites (tertiary alicyclic amines) is 1. The van der Waals surface area contributed by atoms with E-state index in [9.17, 15) is 9.59 Å². The Kier molecular flexibility index (Phi) is 6.26. The van der Waals surface area contributed by atoms with Crippen LogP contribution in [0.25, 0.3) is 0 Å². The molecule has 2 saturated heterocycles. The minimum Gasteiger partial charge on any atom is -0.379 e. The van der Waals surface area contributed by atoms with E-state index in [0.717, 1.165) is 43.5 Å². The largest absolute Gasteiger partial charge is 0.379 e. The van der Waals surface area contributed by atoms with Crippen LogP contribution >= 0.6 is 11.3 Å². The maximum Gasteiger partial charge on any atom is 0.228 e. The molecule has 0 radical (unpaired) electrons. The first-order chi connectivity index (χ1) is 12.4. The van der Waals surface area contributed by atoms with Crippen molar-refractivity contribution in [2.24, 2.45) is 5.92 Å². The summed E-state index contributed by atoms with van der Waals surface area (Å²) in [5.41, 5.74) is 0.916. The SMILES string of the molecule is CC(C)N1CC(C(=O)N(C)Cc2csc(CN3CCOCC3)n2)CC1=O. The van der Waals surface area contributed by atoms with E-state index < -0.39 is 0 Å². The molecule has 3 rings (SSSR count). The zero-order chi connectivity index (χ0) is 18.7. The summed E-state index contributed by atoms with van der Waals surface area (Å²) in [6, 6.07) is 0.145. The first-order valence-electron chi connectivity index (χ1n) is 9.22. The van der Waals surface area contributed by atoms with Gasteiger partial charge in [-0.2, -0.15) is 0 Å². The molecule has 7 nitrogen and oxygen atoms in total. The van der Waals surface area contributed by atoms with Crippen LogP contribution in [0.4, 0.5) is 0 Å². The van der Waals surface area contributed by atoms with Crippen LogP contribution in [-0.4, -0.2) is 77.4 Å². The molecule has 1 aromatic rings. The molecule has 0 aliphatic carbocycles. The highest BCUT2D eigenvalue weighted by atomic mass is 32.1. The fraction of sp³-hybridized carbons (Fsp3) is 0.722. The van der Waals surface area contributed by atoms with Crippen LogP contribution in [0.5, 0.6) is 0 Å². The van der Waals surface area contributed by atoms with Crippen LogP contribution < -0.4 is 0 Å². The molecule has 2 fully saturated rings. The van der Waals surface area contributed by atoms with E-state index in [4.69, 9.17) is 4.74 Å². The number of thiazole rings is 1. The first kappa shape index (κ1) is 19.3. The van der Waals surface area contributed by atoms with Crippen molar-refractivity contribution in [3.8, 4) is 0 Å². The van der Waals surface area contributed by atoms with Crippen LogP contribution in [0, 0.1) is 5.92 Å². The van der Waals surface area contributed by atoms with Crippen LogP contribution in [0.15, 0.2) is 5.38 Å². The lowest BCUT2D eigenvalue weighted by atomic mass is 10.1. The average Bonchev–Trinajstić information content (AvgIpc) is 3.21. The molecular weight excluding hydrogens is 352 g/mol. The fourth-order valence-corrected chi connectivity index (χ4v) is 4.30. The second kappa shape index (κ2) is 8.45. The molecule has 2 aliphatic rings. The molecule has 26 heavy (non-hydrogen) atoms. The molecular formula is C18H28N4O3S. The van der Waals surface area contributed by atoms with Crippen molar-refractivity contribution >= 4 is 23.2 Å². The number of nitrogens with zero attached hydrogens (tertiary/aromatic N) is 4. The maximum absolute atomic E-state index is 12.7. The molecule has 144 valence electrons. The van der Waals surface area contributed by atoms with Crippen molar-refractivity contribution in [2.45, 2.75) is 39.4 Å². The van der Waals surface area contributed by atoms with Gasteiger partial charge in [0.15, 0.2) is 0 Å². The van der Waals surface area contributed by atoms with Crippen LogP contribution in [-0.2, 0) is 27.4 Å². The van der Waals surface area contributed by atoms with Gasteiger partial charge in [0, 0.05) is 44.5 Å². The van der Waals surface area contributed by atoms with Crippen LogP contribution in [0.3, 0.4) is 0 Å². The van der Waals surface area contributed by atoms with Gasteiger partial charge in [-0.05, 0) is 13.8 Å². The molecule has 1 atom stereocenters. The van der Waals surface area contributed by atoms with Gasteiger partial charge in [0.05, 0.1) is 37.9 Å². The summed E-state index contributed by atoms with van der Waals surface area (Å²) in [5, 5.41) is 3.10. The zero-order valence-electron chi connectivity index (χ0n) is 15.8. The number of hydrogen-bond acceptors (Lipinski definition) is 6. The highest BCUT2D eigenvalue weighted by Gasteiger charge is 2.36. The van der Waals surface area contributed by atoms with Gasteiger partial charge >= 0.3 is 0 Å². The van der Waals surface area contributed by atoms with Gasteiger partial charge in [0.2, 0.25) is 11.8 Å². The summed E-state index contributed by atoms with van der Waals surface area (Å²) < 4.78 is 5.37. The Morgan fingerprint density at radius 1 is 1.42 bits per heavy atom. The molecule has 8 heteroatoms. The molecule has 0 spiro atoms. The Morgan fingerprint density at radius 2 is 2.15 bits per heavy atom. The van der Waals surface area contributed by atoms with E-state index in [1.807, 2.05) is 19.2 Å². The highest BCUT2D eigenvalue weighted by Crippen LogP contribution is 2.23. The van der Waals surface area contributed by atoms with Gasteiger partial charge in [0.25, 0.3) is 0 Å². The van der Waals surface area contributed by atoms with Crippen LogP contribution in [0.1, 0.15) is 31.0 Å². The minimum atomic E-state index is -0.235. The van der Waals surface area contributed by atoms with Gasteiger partial charge in [0.1, 0.15) is 5.01 Å². The van der Waals surface area contributed by atoms with Gasteiger partial charge in [-0.15, -0.1) is 11.3 Å². The Labute approximate surface area is 158 Å². The standard InChI is InChI=1S/C18H28N4O3S/c1-13(2)22-9-14(8-17(22)23)18(24)20(3)10-15-12-26-16(19-15)11-21-4-6-25-7-5-21/h12-14H,4-11H2,1-3H3. The third kappa shape index (κ3) is 4.61. The minimum absolute atomic E-state index is 0.0317. The topological polar surface area (TPSA) is 66.0 Å². The van der Waals surface area contributed by atoms with Crippen molar-refractivity contribution < 1.29 is 14.3 Å². The van der Waals surface area contributed by atoms with E-state index in [0.29, 0.717) is 19.5 Å². The second-order valence-corrected chi connectivity index (χ2v) is 8.30. The van der Waals surface area contributed by atoms with Crippen LogP contribution in [0.2, 0.25) is 0 Å². The quantitative estimate of drug-likeness (QED) is 0.742. The van der Waals surface area contributed by atoms with Crippen molar-refractivity contribution in [1.29, 1.82) is 0 Å². The van der Waals surface area contributed by atoms with E-state index in [-0.39, 0.29) is 23.8 Å². The smallest absolute Gasteiger partial charge is 0.228 e. The normalized spacial score (nSPS) is 21.6. The summed E-state index contributed by atoms with van der Waals surface area (Å²) in [6.07, 6.45) is 0.320. The Balaban J connectivity index is 1.52. The van der Waals surface area contributed by atoms with Crippen molar-refractivity contribution in [3.05, 3.63) is 16.1 Å². The van der Waals surface area contributed by atoms with E-state index in [2.05, 4.69) is 9.88 Å². The average molecular weight is 381 g/mol. The van der Waals surface area contributed by atoms with Gasteiger partial charge in [-0.25, -0.2) is 4.98 Å². The lowest BCUT2D eigenvalue weighted by molar-refractivity contribution is -0.135. The number of carbonyl (C=O) groups excluding carboxylic acids is 2. The molecule has 2 aliphatic heterocycles. The monoisotopic (exact) mass is 380 g/mol. The zero-order valence-corrected chi connectivity index (χ0v) is 16.6. The van der Waals surface area contributed by atoms with Crippen molar-refractivity contribution in [1.82, 2.24) is 19.7 Å². The molecule has 2 amide bonds. The number of aromatic nitrogens is 1. The Bertz CT molecular complexity index is 642. The van der Waals surface area contributed by atoms with Crippen molar-refractivity contribution in [3.63, 3.8) is 0 Å². The summed E-state index contributed by atoms with van der Waals surface area (Å²) in [6.45, 7) is 9.27. The lowest BCUT2D eigenvalue weighted by Gasteiger charge is -2.25. The summed E-state index contributed by atoms with van der Waals surface area (Å²) in [7, 11) is 1.80. The highest BCUT2D eigenvalue weighted by molar-refractivity contribution is 7.09. The third-order valence-electron chi connectivity index (χ3n) is 4.97. The predicted octanol–water partition coefficient (Wildman–Crippen LogP) is 1.19. The van der Waals surface area contributed by atoms with Crippen molar-refractivity contribution in [2.75, 3.05) is 39.9 Å². The number of morpholine rings is 1. The molecule has 0 bridgehead atoms. The maximum atomic E-state index is 12.7. The number of ether oxygens (including phenoxy) is 1. The van der Waals surface area contributed by atoms with Gasteiger partial charge < -0.3 is 14.5 Å². The molecule has 0 aromatic carbocycles. The fourth-order valence-electron chi connectivity index (χ4n) is 3.47. The molecule has 3 heterocycles. The number of amides is 2. The van der Waals surface area contributed by atoms with Gasteiger partial charge in [-0.3, -0.25) is 14.5 Å². The van der Waals surface area contributed by atoms with E-state index >= 15 is 0 Å². The lowest BCUT2D eigenvalue weighted by Crippen LogP contribution is -2.36. The molecule has 1 unspecified atom stereocenters. The molecule has 1 aromatic heterocycles. The summed E-state index contributed by atoms with van der Waals surface area (Å²) >= 11 is 1.64.